The summed E-state index contributed by atoms with van der Waals surface area (Å²) in [6, 6.07) is 11.8. The Morgan fingerprint density at radius 2 is 2.00 bits per heavy atom. The van der Waals surface area contributed by atoms with Gasteiger partial charge in [0.2, 0.25) is 0 Å². The van der Waals surface area contributed by atoms with Gasteiger partial charge in [-0.1, -0.05) is 22.0 Å². The number of nitrogens with zero attached hydrogens (tertiary/aromatic N) is 1. The maximum absolute atomic E-state index is 13.7. The summed E-state index contributed by atoms with van der Waals surface area (Å²) in [5.41, 5.74) is 7.32. The van der Waals surface area contributed by atoms with Gasteiger partial charge in [-0.25, -0.2) is 4.39 Å². The number of rotatable bonds is 5. The zero-order chi connectivity index (χ0) is 15.2. The van der Waals surface area contributed by atoms with Gasteiger partial charge >= 0.3 is 0 Å². The number of nitriles is 1. The third kappa shape index (κ3) is 4.03. The predicted molar refractivity (Wildman–Crippen MR) is 82.3 cm³/mol. The van der Waals surface area contributed by atoms with Gasteiger partial charge < -0.3 is 10.5 Å². The number of benzene rings is 2. The zero-order valence-corrected chi connectivity index (χ0v) is 12.9. The molecule has 0 unspecified atom stereocenters. The van der Waals surface area contributed by atoms with E-state index >= 15 is 0 Å². The van der Waals surface area contributed by atoms with Crippen LogP contribution in [0.15, 0.2) is 40.9 Å². The van der Waals surface area contributed by atoms with Crippen LogP contribution in [0, 0.1) is 17.1 Å². The summed E-state index contributed by atoms with van der Waals surface area (Å²) >= 11 is 3.45. The Kier molecular flexibility index (Phi) is 5.32. The Morgan fingerprint density at radius 3 is 2.67 bits per heavy atom. The molecule has 2 aromatic rings. The number of nitrogens with two attached hydrogens (primary N) is 1. The second kappa shape index (κ2) is 7.21. The molecule has 0 spiro atoms. The topological polar surface area (TPSA) is 59.0 Å². The summed E-state index contributed by atoms with van der Waals surface area (Å²) in [5.74, 6) is 0.221. The standard InChI is InChI=1S/C16H14BrFN2O/c17-15-4-3-14(8-12(15)5-6-19)21-10-13-2-1-11(9-20)7-16(13)18/h1-4,7-8H,5-6,10,19H2. The molecule has 0 aliphatic carbocycles. The average Bonchev–Trinajstić information content (AvgIpc) is 2.49. The lowest BCUT2D eigenvalue weighted by atomic mass is 10.1. The van der Waals surface area contributed by atoms with Crippen LogP contribution in [0.4, 0.5) is 4.39 Å². The molecule has 2 rings (SSSR count). The largest absolute Gasteiger partial charge is 0.489 e. The van der Waals surface area contributed by atoms with Crippen LogP contribution in [0.3, 0.4) is 0 Å². The van der Waals surface area contributed by atoms with Crippen LogP contribution >= 0.6 is 15.9 Å². The van der Waals surface area contributed by atoms with Gasteiger partial charge in [0, 0.05) is 10.0 Å². The van der Waals surface area contributed by atoms with Crippen molar-refractivity contribution in [2.75, 3.05) is 6.54 Å². The highest BCUT2D eigenvalue weighted by Gasteiger charge is 2.06. The molecule has 0 bridgehead atoms. The fraction of sp³-hybridized carbons (Fsp3) is 0.188. The van der Waals surface area contributed by atoms with E-state index in [0.29, 0.717) is 23.4 Å². The van der Waals surface area contributed by atoms with Crippen molar-refractivity contribution in [1.29, 1.82) is 5.26 Å². The van der Waals surface area contributed by atoms with E-state index in [1.807, 2.05) is 24.3 Å². The van der Waals surface area contributed by atoms with Gasteiger partial charge in [0.25, 0.3) is 0 Å². The lowest BCUT2D eigenvalue weighted by Gasteiger charge is -2.10. The third-order valence-corrected chi connectivity index (χ3v) is 3.78. The molecule has 5 heteroatoms. The highest BCUT2D eigenvalue weighted by Crippen LogP contribution is 2.24. The Balaban J connectivity index is 2.10. The number of ether oxygens (including phenoxy) is 1. The predicted octanol–water partition coefficient (Wildman–Crippen LogP) is 3.54. The first-order valence-electron chi connectivity index (χ1n) is 6.44. The van der Waals surface area contributed by atoms with Gasteiger partial charge in [-0.3, -0.25) is 0 Å². The van der Waals surface area contributed by atoms with Gasteiger partial charge in [-0.15, -0.1) is 0 Å². The van der Waals surface area contributed by atoms with Crippen molar-refractivity contribution >= 4 is 15.9 Å². The summed E-state index contributed by atoms with van der Waals surface area (Å²) in [6.07, 6.45) is 0.739. The molecule has 0 amide bonds. The van der Waals surface area contributed by atoms with E-state index in [2.05, 4.69) is 15.9 Å². The Bertz CT molecular complexity index is 682. The number of hydrogen-bond acceptors (Lipinski definition) is 3. The summed E-state index contributed by atoms with van der Waals surface area (Å²) in [7, 11) is 0. The highest BCUT2D eigenvalue weighted by molar-refractivity contribution is 9.10. The van der Waals surface area contributed by atoms with Crippen LogP contribution < -0.4 is 10.5 Å². The zero-order valence-electron chi connectivity index (χ0n) is 11.3. The number of halogens is 2. The van der Waals surface area contributed by atoms with Gasteiger partial charge in [0.15, 0.2) is 0 Å². The minimum atomic E-state index is -0.437. The molecule has 3 nitrogen and oxygen atoms in total. The lowest BCUT2D eigenvalue weighted by molar-refractivity contribution is 0.299. The SMILES string of the molecule is N#Cc1ccc(COc2ccc(Br)c(CCN)c2)c(F)c1. The molecule has 0 aromatic heterocycles. The van der Waals surface area contributed by atoms with Crippen molar-refractivity contribution < 1.29 is 9.13 Å². The molecule has 108 valence electrons. The summed E-state index contributed by atoms with van der Waals surface area (Å²) in [6.45, 7) is 0.660. The van der Waals surface area contributed by atoms with Crippen molar-refractivity contribution in [1.82, 2.24) is 0 Å². The van der Waals surface area contributed by atoms with Gasteiger partial charge in [-0.05, 0) is 48.9 Å². The number of hydrogen-bond donors (Lipinski definition) is 1. The molecule has 0 heterocycles. The quantitative estimate of drug-likeness (QED) is 0.898. The average molecular weight is 349 g/mol. The molecule has 0 aliphatic rings. The van der Waals surface area contributed by atoms with E-state index in [4.69, 9.17) is 15.7 Å². The molecule has 0 radical (unpaired) electrons. The molecule has 2 N–H and O–H groups in total. The fourth-order valence-corrected chi connectivity index (χ4v) is 2.33. The first-order valence-corrected chi connectivity index (χ1v) is 7.23. The molecule has 0 saturated heterocycles. The summed E-state index contributed by atoms with van der Waals surface area (Å²) in [4.78, 5) is 0. The first-order chi connectivity index (χ1) is 10.1. The summed E-state index contributed by atoms with van der Waals surface area (Å²) in [5, 5.41) is 8.71. The third-order valence-electron chi connectivity index (χ3n) is 3.01. The van der Waals surface area contributed by atoms with Crippen LogP contribution in [0.2, 0.25) is 0 Å². The monoisotopic (exact) mass is 348 g/mol. The van der Waals surface area contributed by atoms with Gasteiger partial charge in [0.1, 0.15) is 18.2 Å². The normalized spacial score (nSPS) is 10.2. The van der Waals surface area contributed by atoms with Crippen molar-refractivity contribution in [3.8, 4) is 11.8 Å². The minimum Gasteiger partial charge on any atom is -0.489 e. The molecule has 0 saturated carbocycles. The maximum atomic E-state index is 13.7. The Morgan fingerprint density at radius 1 is 1.19 bits per heavy atom. The van der Waals surface area contributed by atoms with Crippen LogP contribution in [0.1, 0.15) is 16.7 Å². The molecular formula is C16H14BrFN2O. The second-order valence-corrected chi connectivity index (χ2v) is 5.35. The molecular weight excluding hydrogens is 335 g/mol. The van der Waals surface area contributed by atoms with Crippen LogP contribution in [0.25, 0.3) is 0 Å². The van der Waals surface area contributed by atoms with Crippen molar-refractivity contribution in [2.24, 2.45) is 5.73 Å². The van der Waals surface area contributed by atoms with Crippen molar-refractivity contribution in [2.45, 2.75) is 13.0 Å². The lowest BCUT2D eigenvalue weighted by Crippen LogP contribution is -2.04. The van der Waals surface area contributed by atoms with E-state index in [0.717, 1.165) is 16.5 Å². The van der Waals surface area contributed by atoms with E-state index in [1.165, 1.54) is 6.07 Å². The molecule has 0 fully saturated rings. The maximum Gasteiger partial charge on any atom is 0.131 e. The highest BCUT2D eigenvalue weighted by atomic mass is 79.9. The Labute approximate surface area is 131 Å². The van der Waals surface area contributed by atoms with E-state index in [9.17, 15) is 4.39 Å². The smallest absolute Gasteiger partial charge is 0.131 e. The first kappa shape index (κ1) is 15.5. The fourth-order valence-electron chi connectivity index (χ4n) is 1.88. The molecule has 21 heavy (non-hydrogen) atoms. The van der Waals surface area contributed by atoms with Gasteiger partial charge in [-0.2, -0.15) is 5.26 Å². The summed E-state index contributed by atoms with van der Waals surface area (Å²) < 4.78 is 20.3. The van der Waals surface area contributed by atoms with E-state index < -0.39 is 5.82 Å². The second-order valence-electron chi connectivity index (χ2n) is 4.50. The molecule has 0 atom stereocenters. The van der Waals surface area contributed by atoms with E-state index in [-0.39, 0.29) is 6.61 Å². The van der Waals surface area contributed by atoms with Crippen molar-refractivity contribution in [3.05, 3.63) is 63.4 Å². The molecule has 2 aromatic carbocycles. The van der Waals surface area contributed by atoms with Crippen molar-refractivity contribution in [3.63, 3.8) is 0 Å². The van der Waals surface area contributed by atoms with Crippen LogP contribution in [-0.2, 0) is 13.0 Å². The van der Waals surface area contributed by atoms with Crippen LogP contribution in [0.5, 0.6) is 5.75 Å². The Hall–Kier alpha value is -1.90. The van der Waals surface area contributed by atoms with Gasteiger partial charge in [0.05, 0.1) is 11.6 Å². The molecule has 0 aliphatic heterocycles. The minimum absolute atomic E-state index is 0.112. The van der Waals surface area contributed by atoms with E-state index in [1.54, 1.807) is 12.1 Å². The van der Waals surface area contributed by atoms with Crippen LogP contribution in [-0.4, -0.2) is 6.54 Å².